The number of ether oxygens (including phenoxy) is 1. The molecule has 41 heavy (non-hydrogen) atoms. The summed E-state index contributed by atoms with van der Waals surface area (Å²) in [7, 11) is 0. The molecule has 2 aliphatic carbocycles. The van der Waals surface area contributed by atoms with Crippen molar-refractivity contribution in [3.8, 4) is 16.9 Å². The molecule has 1 nitrogen and oxygen atoms in total. The van der Waals surface area contributed by atoms with E-state index in [1.807, 2.05) is 12.1 Å². The van der Waals surface area contributed by atoms with Crippen LogP contribution in [0.25, 0.3) is 11.1 Å². The molecule has 0 heterocycles. The zero-order valence-electron chi connectivity index (χ0n) is 23.9. The average Bonchev–Trinajstić information content (AvgIpc) is 2.99. The first-order valence-corrected chi connectivity index (χ1v) is 15.2. The number of halogens is 4. The van der Waals surface area contributed by atoms with Crippen molar-refractivity contribution in [1.82, 2.24) is 0 Å². The Hall–Kier alpha value is -3.08. The van der Waals surface area contributed by atoms with E-state index in [1.165, 1.54) is 81.2 Å². The summed E-state index contributed by atoms with van der Waals surface area (Å²) >= 11 is 0. The molecule has 2 saturated carbocycles. The van der Waals surface area contributed by atoms with Crippen molar-refractivity contribution < 1.29 is 22.3 Å². The Morgan fingerprint density at radius 2 is 1.46 bits per heavy atom. The molecule has 0 aliphatic heterocycles. The molecule has 2 fully saturated rings. The number of hydrogen-bond acceptors (Lipinski definition) is 1. The molecule has 4 atom stereocenters. The summed E-state index contributed by atoms with van der Waals surface area (Å²) in [6, 6.07) is 13.4. The minimum absolute atomic E-state index is 0.0746. The number of allylic oxidation sites excluding steroid dienone is 1. The summed E-state index contributed by atoms with van der Waals surface area (Å²) in [6.07, 6.45) is 13.0. The zero-order chi connectivity index (χ0) is 28.9. The molecule has 0 aromatic heterocycles. The van der Waals surface area contributed by atoms with Crippen LogP contribution in [0.5, 0.6) is 5.75 Å². The van der Waals surface area contributed by atoms with Crippen LogP contribution >= 0.6 is 0 Å². The van der Waals surface area contributed by atoms with Gasteiger partial charge in [-0.3, -0.25) is 0 Å². The van der Waals surface area contributed by atoms with E-state index in [-0.39, 0.29) is 35.5 Å². The standard InChI is InChI=1S/C36H40F4O/c1-3-5-7-26-16-17-30(34(38)33(26)37)31-18-19-32(36(40)35(31)39)41-22-24-9-11-25(12-10-24)28-15-14-27-20-23(6-4-2)8-13-29(27)21-28/h3,9-12,16-19,23,27-29H,1,4-8,13-15,20-22H2,2H3. The van der Waals surface area contributed by atoms with Crippen molar-refractivity contribution in [1.29, 1.82) is 0 Å². The number of aryl methyl sites for hydroxylation is 1. The van der Waals surface area contributed by atoms with Gasteiger partial charge in [0.25, 0.3) is 0 Å². The molecule has 0 N–H and O–H groups in total. The van der Waals surface area contributed by atoms with Gasteiger partial charge in [-0.15, -0.1) is 6.58 Å². The molecular formula is C36H40F4O. The zero-order valence-corrected chi connectivity index (χ0v) is 23.9. The van der Waals surface area contributed by atoms with E-state index in [0.29, 0.717) is 12.3 Å². The fraction of sp³-hybridized carbons (Fsp3) is 0.444. The number of rotatable bonds is 10. The third-order valence-corrected chi connectivity index (χ3v) is 9.38. The second-order valence-electron chi connectivity index (χ2n) is 12.0. The minimum Gasteiger partial charge on any atom is -0.486 e. The summed E-state index contributed by atoms with van der Waals surface area (Å²) in [6.45, 7) is 5.95. The first kappa shape index (κ1) is 29.4. The van der Waals surface area contributed by atoms with Crippen LogP contribution in [0.3, 0.4) is 0 Å². The van der Waals surface area contributed by atoms with E-state index < -0.39 is 23.3 Å². The SMILES string of the molecule is C=CCCc1ccc(-c2ccc(OCc3ccc(C4CCC5CC(CCC)CCC5C4)cc3)c(F)c2F)c(F)c1F. The molecule has 0 amide bonds. The van der Waals surface area contributed by atoms with E-state index in [0.717, 1.165) is 23.3 Å². The van der Waals surface area contributed by atoms with Crippen LogP contribution in [0.15, 0.2) is 61.2 Å². The van der Waals surface area contributed by atoms with Gasteiger partial charge >= 0.3 is 0 Å². The maximum atomic E-state index is 15.0. The molecule has 5 rings (SSSR count). The van der Waals surface area contributed by atoms with Gasteiger partial charge in [-0.2, -0.15) is 4.39 Å². The van der Waals surface area contributed by atoms with E-state index in [2.05, 4.69) is 25.6 Å². The van der Waals surface area contributed by atoms with Crippen LogP contribution in [0.2, 0.25) is 0 Å². The summed E-state index contributed by atoms with van der Waals surface area (Å²) in [5.74, 6) is -1.78. The highest BCUT2D eigenvalue weighted by Gasteiger charge is 2.35. The highest BCUT2D eigenvalue weighted by atomic mass is 19.2. The Balaban J connectivity index is 1.20. The molecule has 3 aromatic carbocycles. The Bertz CT molecular complexity index is 1350. The second kappa shape index (κ2) is 13.3. The molecule has 0 radical (unpaired) electrons. The predicted octanol–water partition coefficient (Wildman–Crippen LogP) is 10.7. The van der Waals surface area contributed by atoms with Crippen molar-refractivity contribution >= 4 is 0 Å². The van der Waals surface area contributed by atoms with Crippen molar-refractivity contribution in [2.75, 3.05) is 0 Å². The Kier molecular flexibility index (Phi) is 9.52. The molecule has 2 aliphatic rings. The summed E-state index contributed by atoms with van der Waals surface area (Å²) < 4.78 is 64.7. The molecule has 4 unspecified atom stereocenters. The van der Waals surface area contributed by atoms with Gasteiger partial charge in [0.2, 0.25) is 5.82 Å². The summed E-state index contributed by atoms with van der Waals surface area (Å²) in [5, 5.41) is 0. The van der Waals surface area contributed by atoms with E-state index in [4.69, 9.17) is 4.74 Å². The van der Waals surface area contributed by atoms with Gasteiger partial charge in [-0.05, 0) is 97.4 Å². The monoisotopic (exact) mass is 564 g/mol. The molecule has 3 aromatic rings. The minimum atomic E-state index is -1.27. The predicted molar refractivity (Wildman–Crippen MR) is 157 cm³/mol. The Morgan fingerprint density at radius 3 is 2.20 bits per heavy atom. The van der Waals surface area contributed by atoms with E-state index in [1.54, 1.807) is 6.08 Å². The maximum Gasteiger partial charge on any atom is 0.201 e. The van der Waals surface area contributed by atoms with Crippen LogP contribution in [0, 0.1) is 41.0 Å². The molecule has 5 heteroatoms. The number of fused-ring (bicyclic) bond motifs is 1. The molecule has 0 spiro atoms. The van der Waals surface area contributed by atoms with E-state index in [9.17, 15) is 17.6 Å². The normalized spacial score (nSPS) is 22.3. The molecule has 218 valence electrons. The van der Waals surface area contributed by atoms with Crippen molar-refractivity contribution in [2.24, 2.45) is 17.8 Å². The third kappa shape index (κ3) is 6.55. The van der Waals surface area contributed by atoms with Gasteiger partial charge in [-0.1, -0.05) is 68.7 Å². The smallest absolute Gasteiger partial charge is 0.201 e. The van der Waals surface area contributed by atoms with Crippen LogP contribution in [-0.2, 0) is 13.0 Å². The van der Waals surface area contributed by atoms with Gasteiger partial charge in [0.05, 0.1) is 0 Å². The topological polar surface area (TPSA) is 9.23 Å². The lowest BCUT2D eigenvalue weighted by molar-refractivity contribution is 0.114. The van der Waals surface area contributed by atoms with Crippen molar-refractivity contribution in [3.05, 3.63) is 101 Å². The second-order valence-corrected chi connectivity index (χ2v) is 12.0. The highest BCUT2D eigenvalue weighted by molar-refractivity contribution is 5.66. The molecule has 0 saturated heterocycles. The number of benzene rings is 3. The summed E-state index contributed by atoms with van der Waals surface area (Å²) in [5.41, 5.74) is 1.69. The van der Waals surface area contributed by atoms with Gasteiger partial charge < -0.3 is 4.74 Å². The van der Waals surface area contributed by atoms with Gasteiger partial charge in [0.1, 0.15) is 6.61 Å². The van der Waals surface area contributed by atoms with Crippen molar-refractivity contribution in [3.63, 3.8) is 0 Å². The average molecular weight is 565 g/mol. The molecular weight excluding hydrogens is 524 g/mol. The number of hydrogen-bond donors (Lipinski definition) is 0. The first-order valence-electron chi connectivity index (χ1n) is 15.2. The molecule has 0 bridgehead atoms. The highest BCUT2D eigenvalue weighted by Crippen LogP contribution is 2.48. The fourth-order valence-electron chi connectivity index (χ4n) is 7.11. The van der Waals surface area contributed by atoms with Crippen molar-refractivity contribution in [2.45, 2.75) is 83.7 Å². The van der Waals surface area contributed by atoms with Crippen LogP contribution in [0.4, 0.5) is 17.6 Å². The lowest BCUT2D eigenvalue weighted by Crippen LogP contribution is -2.30. The summed E-state index contributed by atoms with van der Waals surface area (Å²) in [4.78, 5) is 0. The fourth-order valence-corrected chi connectivity index (χ4v) is 7.11. The third-order valence-electron chi connectivity index (χ3n) is 9.38. The Labute approximate surface area is 241 Å². The largest absolute Gasteiger partial charge is 0.486 e. The van der Waals surface area contributed by atoms with Crippen LogP contribution < -0.4 is 4.74 Å². The lowest BCUT2D eigenvalue weighted by Gasteiger charge is -2.42. The maximum absolute atomic E-state index is 15.0. The van der Waals surface area contributed by atoms with Crippen LogP contribution in [0.1, 0.15) is 87.3 Å². The quantitative estimate of drug-likeness (QED) is 0.176. The lowest BCUT2D eigenvalue weighted by atomic mass is 9.63. The first-order chi connectivity index (χ1) is 19.9. The van der Waals surface area contributed by atoms with E-state index >= 15 is 0 Å². The van der Waals surface area contributed by atoms with Gasteiger partial charge in [0.15, 0.2) is 23.2 Å². The Morgan fingerprint density at radius 1 is 0.780 bits per heavy atom. The van der Waals surface area contributed by atoms with Crippen LogP contribution in [-0.4, -0.2) is 0 Å². The van der Waals surface area contributed by atoms with Gasteiger partial charge in [0, 0.05) is 11.1 Å². The van der Waals surface area contributed by atoms with Gasteiger partial charge in [-0.25, -0.2) is 13.2 Å².